The minimum atomic E-state index is -1.40. The summed E-state index contributed by atoms with van der Waals surface area (Å²) in [5.74, 6) is -5.60. The van der Waals surface area contributed by atoms with Gasteiger partial charge in [-0.05, 0) is 18.8 Å². The zero-order valence-corrected chi connectivity index (χ0v) is 20.1. The van der Waals surface area contributed by atoms with Crippen molar-refractivity contribution >= 4 is 48.2 Å². The lowest BCUT2D eigenvalue weighted by molar-refractivity contribution is -0.143. The molecule has 34 heavy (non-hydrogen) atoms. The van der Waals surface area contributed by atoms with Gasteiger partial charge in [-0.15, -0.1) is 0 Å². The molecular formula is C19H35N7O7S. The Morgan fingerprint density at radius 3 is 2.00 bits per heavy atom. The molecule has 0 fully saturated rings. The highest BCUT2D eigenvalue weighted by Crippen LogP contribution is 2.09. The van der Waals surface area contributed by atoms with Crippen LogP contribution in [0.1, 0.15) is 39.5 Å². The average Bonchev–Trinajstić information content (AvgIpc) is 2.75. The van der Waals surface area contributed by atoms with E-state index in [1.165, 1.54) is 0 Å². The lowest BCUT2D eigenvalue weighted by Crippen LogP contribution is -2.58. The maximum atomic E-state index is 12.8. The van der Waals surface area contributed by atoms with Crippen LogP contribution < -0.4 is 33.2 Å². The van der Waals surface area contributed by atoms with E-state index >= 15 is 0 Å². The van der Waals surface area contributed by atoms with E-state index < -0.39 is 60.2 Å². The van der Waals surface area contributed by atoms with E-state index in [0.29, 0.717) is 6.42 Å². The number of thiol groups is 1. The summed E-state index contributed by atoms with van der Waals surface area (Å²) in [5.41, 5.74) is 16.1. The van der Waals surface area contributed by atoms with Gasteiger partial charge < -0.3 is 43.4 Å². The van der Waals surface area contributed by atoms with Crippen LogP contribution in [0.5, 0.6) is 0 Å². The number of hydrogen-bond acceptors (Lipinski definition) is 8. The van der Waals surface area contributed by atoms with Gasteiger partial charge in [0.15, 0.2) is 5.96 Å². The molecule has 0 aliphatic heterocycles. The van der Waals surface area contributed by atoms with Crippen molar-refractivity contribution in [3.63, 3.8) is 0 Å². The fourth-order valence-electron chi connectivity index (χ4n) is 2.74. The van der Waals surface area contributed by atoms with Crippen molar-refractivity contribution in [3.8, 4) is 0 Å². The number of nitrogens with two attached hydrogens (primary N) is 3. The summed E-state index contributed by atoms with van der Waals surface area (Å²) in [5, 5.41) is 25.4. The summed E-state index contributed by atoms with van der Waals surface area (Å²) >= 11 is 4.05. The quantitative estimate of drug-likeness (QED) is 0.0456. The zero-order chi connectivity index (χ0) is 26.4. The molecule has 0 spiro atoms. The summed E-state index contributed by atoms with van der Waals surface area (Å²) in [6.45, 7) is 3.58. The topological polar surface area (TPSA) is 252 Å². The molecule has 0 saturated carbocycles. The van der Waals surface area contributed by atoms with E-state index in [4.69, 9.17) is 22.3 Å². The van der Waals surface area contributed by atoms with Crippen molar-refractivity contribution < 1.29 is 34.2 Å². The van der Waals surface area contributed by atoms with Gasteiger partial charge in [-0.1, -0.05) is 20.3 Å². The van der Waals surface area contributed by atoms with E-state index in [2.05, 4.69) is 33.6 Å². The first-order chi connectivity index (χ1) is 15.8. The molecule has 0 aliphatic rings. The number of rotatable bonds is 16. The summed E-state index contributed by atoms with van der Waals surface area (Å²) in [6, 6.07) is -4.96. The summed E-state index contributed by atoms with van der Waals surface area (Å²) in [7, 11) is 0. The smallest absolute Gasteiger partial charge is 0.326 e. The van der Waals surface area contributed by atoms with Crippen LogP contribution in [0.2, 0.25) is 0 Å². The van der Waals surface area contributed by atoms with E-state index in [1.54, 1.807) is 13.8 Å². The molecule has 5 atom stereocenters. The minimum absolute atomic E-state index is 0.0413. The van der Waals surface area contributed by atoms with Crippen LogP contribution in [0.25, 0.3) is 0 Å². The molecule has 0 rings (SSSR count). The first-order valence-electron chi connectivity index (χ1n) is 10.6. The van der Waals surface area contributed by atoms with E-state index in [1.807, 2.05) is 0 Å². The molecule has 194 valence electrons. The predicted molar refractivity (Wildman–Crippen MR) is 127 cm³/mol. The van der Waals surface area contributed by atoms with Crippen molar-refractivity contribution in [1.82, 2.24) is 16.0 Å². The molecule has 0 radical (unpaired) electrons. The van der Waals surface area contributed by atoms with Crippen LogP contribution in [-0.2, 0) is 24.0 Å². The van der Waals surface area contributed by atoms with Crippen molar-refractivity contribution in [2.24, 2.45) is 28.1 Å². The van der Waals surface area contributed by atoms with E-state index in [0.717, 1.165) is 0 Å². The lowest BCUT2D eigenvalue weighted by atomic mass is 9.99. The molecule has 0 bridgehead atoms. The van der Waals surface area contributed by atoms with Crippen molar-refractivity contribution in [3.05, 3.63) is 0 Å². The van der Waals surface area contributed by atoms with Crippen LogP contribution in [0.4, 0.5) is 0 Å². The first-order valence-corrected chi connectivity index (χ1v) is 11.2. The molecule has 0 aromatic heterocycles. The van der Waals surface area contributed by atoms with Gasteiger partial charge in [-0.2, -0.15) is 12.6 Å². The van der Waals surface area contributed by atoms with Gasteiger partial charge in [0, 0.05) is 12.3 Å². The number of guanidine groups is 1. The standard InChI is InChI=1S/C19H35N7O7S/c1-3-9(2)14(18(32)33)26-17(31)12(8-34)25-16(30)11(5-4-6-23-19(21)22)24-15(29)10(20)7-13(27)28/h9-12,14,34H,3-8,20H2,1-2H3,(H,24,29)(H,25,30)(H,26,31)(H,27,28)(H,32,33)(H4,21,22,23). The van der Waals surface area contributed by atoms with Gasteiger partial charge in [0.25, 0.3) is 0 Å². The van der Waals surface area contributed by atoms with Gasteiger partial charge in [-0.3, -0.25) is 24.2 Å². The zero-order valence-electron chi connectivity index (χ0n) is 19.2. The highest BCUT2D eigenvalue weighted by atomic mass is 32.1. The summed E-state index contributed by atoms with van der Waals surface area (Å²) in [6.07, 6.45) is 0.147. The number of aliphatic carboxylic acids is 2. The van der Waals surface area contributed by atoms with Crippen LogP contribution in [0, 0.1) is 5.92 Å². The maximum absolute atomic E-state index is 12.8. The molecular weight excluding hydrogens is 470 g/mol. The highest BCUT2D eigenvalue weighted by Gasteiger charge is 2.31. The van der Waals surface area contributed by atoms with Crippen LogP contribution in [-0.4, -0.2) is 82.3 Å². The molecule has 14 nitrogen and oxygen atoms in total. The van der Waals surface area contributed by atoms with E-state index in [-0.39, 0.29) is 37.0 Å². The number of carbonyl (C=O) groups is 5. The predicted octanol–water partition coefficient (Wildman–Crippen LogP) is -2.64. The Labute approximate surface area is 202 Å². The number of carbonyl (C=O) groups excluding carboxylic acids is 3. The molecule has 0 aromatic carbocycles. The molecule has 5 unspecified atom stereocenters. The Bertz CT molecular complexity index is 761. The Balaban J connectivity index is 5.41. The van der Waals surface area contributed by atoms with Gasteiger partial charge in [0.05, 0.1) is 12.5 Å². The first kappa shape index (κ1) is 30.9. The number of aliphatic imine (C=N–C) groups is 1. The molecule has 11 N–H and O–H groups in total. The third-order valence-corrected chi connectivity index (χ3v) is 5.27. The minimum Gasteiger partial charge on any atom is -0.481 e. The largest absolute Gasteiger partial charge is 0.481 e. The number of nitrogens with one attached hydrogen (secondary N) is 3. The fraction of sp³-hybridized carbons (Fsp3) is 0.684. The SMILES string of the molecule is CCC(C)C(NC(=O)C(CS)NC(=O)C(CCCN=C(N)N)NC(=O)C(N)CC(=O)O)C(=O)O. The van der Waals surface area contributed by atoms with Crippen LogP contribution in [0.3, 0.4) is 0 Å². The molecule has 15 heteroatoms. The molecule has 0 aromatic rings. The second-order valence-corrected chi connectivity index (χ2v) is 8.03. The fourth-order valence-corrected chi connectivity index (χ4v) is 2.99. The molecule has 0 saturated heterocycles. The van der Waals surface area contributed by atoms with E-state index in [9.17, 15) is 29.1 Å². The average molecular weight is 506 g/mol. The Morgan fingerprint density at radius 1 is 0.971 bits per heavy atom. The highest BCUT2D eigenvalue weighted by molar-refractivity contribution is 7.80. The maximum Gasteiger partial charge on any atom is 0.326 e. The Kier molecular flexibility index (Phi) is 14.3. The summed E-state index contributed by atoms with van der Waals surface area (Å²) < 4.78 is 0. The number of carboxylic acid groups (broad SMARTS) is 2. The number of hydrogen-bond donors (Lipinski definition) is 9. The van der Waals surface area contributed by atoms with Gasteiger partial charge in [-0.25, -0.2) is 4.79 Å². The number of amides is 3. The van der Waals surface area contributed by atoms with Crippen molar-refractivity contribution in [2.45, 2.75) is 63.7 Å². The number of carboxylic acids is 2. The third kappa shape index (κ3) is 11.7. The monoisotopic (exact) mass is 505 g/mol. The van der Waals surface area contributed by atoms with Crippen molar-refractivity contribution in [2.75, 3.05) is 12.3 Å². The summed E-state index contributed by atoms with van der Waals surface area (Å²) in [4.78, 5) is 63.7. The Morgan fingerprint density at radius 2 is 1.53 bits per heavy atom. The Hall–Kier alpha value is -3.07. The van der Waals surface area contributed by atoms with Crippen LogP contribution >= 0.6 is 12.6 Å². The molecule has 0 heterocycles. The third-order valence-electron chi connectivity index (χ3n) is 4.90. The second-order valence-electron chi connectivity index (χ2n) is 7.67. The van der Waals surface area contributed by atoms with Gasteiger partial charge >= 0.3 is 11.9 Å². The molecule has 3 amide bonds. The molecule has 0 aliphatic carbocycles. The van der Waals surface area contributed by atoms with Gasteiger partial charge in [0.1, 0.15) is 18.1 Å². The normalized spacial score (nSPS) is 15.1. The second kappa shape index (κ2) is 15.7. The number of nitrogens with zero attached hydrogens (tertiary/aromatic N) is 1. The lowest BCUT2D eigenvalue weighted by Gasteiger charge is -2.25. The van der Waals surface area contributed by atoms with Gasteiger partial charge in [0.2, 0.25) is 17.7 Å². The van der Waals surface area contributed by atoms with Crippen LogP contribution in [0.15, 0.2) is 4.99 Å². The van der Waals surface area contributed by atoms with Crippen molar-refractivity contribution in [1.29, 1.82) is 0 Å².